The molecule has 2 aromatic rings. The Morgan fingerprint density at radius 3 is 2.67 bits per heavy atom. The molecule has 3 rings (SSSR count). The molecule has 0 spiro atoms. The van der Waals surface area contributed by atoms with Gasteiger partial charge in [-0.3, -0.25) is 9.52 Å². The van der Waals surface area contributed by atoms with Crippen LogP contribution in [0.1, 0.15) is 23.3 Å². The molecule has 1 amide bonds. The van der Waals surface area contributed by atoms with Gasteiger partial charge in [0, 0.05) is 19.3 Å². The third-order valence-electron chi connectivity index (χ3n) is 3.94. The SMILES string of the molecule is COc1ccccc1NS(=O)(=O)c1c[nH]c(C(=O)N2CCCC2)c1. The van der Waals surface area contributed by atoms with Gasteiger partial charge in [-0.2, -0.15) is 0 Å². The topological polar surface area (TPSA) is 91.5 Å². The number of nitrogens with zero attached hydrogens (tertiary/aromatic N) is 1. The number of benzene rings is 1. The summed E-state index contributed by atoms with van der Waals surface area (Å²) in [5.74, 6) is 0.246. The first-order valence-corrected chi connectivity index (χ1v) is 9.13. The highest BCUT2D eigenvalue weighted by atomic mass is 32.2. The standard InChI is InChI=1S/C16H19N3O4S/c1-23-15-7-3-2-6-13(15)18-24(21,22)12-10-14(17-11-12)16(20)19-8-4-5-9-19/h2-3,6-7,10-11,17-18H,4-5,8-9H2,1H3. The molecule has 0 bridgehead atoms. The Balaban J connectivity index is 1.81. The van der Waals surface area contributed by atoms with Gasteiger partial charge in [0.1, 0.15) is 16.3 Å². The van der Waals surface area contributed by atoms with E-state index < -0.39 is 10.0 Å². The van der Waals surface area contributed by atoms with Crippen LogP contribution < -0.4 is 9.46 Å². The van der Waals surface area contributed by atoms with Gasteiger partial charge >= 0.3 is 0 Å². The number of sulfonamides is 1. The van der Waals surface area contributed by atoms with Crippen molar-refractivity contribution in [2.75, 3.05) is 24.9 Å². The number of nitrogens with one attached hydrogen (secondary N) is 2. The van der Waals surface area contributed by atoms with Crippen LogP contribution in [0.15, 0.2) is 41.4 Å². The molecule has 0 atom stereocenters. The lowest BCUT2D eigenvalue weighted by Crippen LogP contribution is -2.27. The first-order valence-electron chi connectivity index (χ1n) is 7.65. The number of carbonyl (C=O) groups is 1. The minimum atomic E-state index is -3.81. The van der Waals surface area contributed by atoms with Gasteiger partial charge in [-0.15, -0.1) is 0 Å². The summed E-state index contributed by atoms with van der Waals surface area (Å²) in [4.78, 5) is 16.8. The number of amides is 1. The van der Waals surface area contributed by atoms with Gasteiger partial charge in [-0.1, -0.05) is 12.1 Å². The van der Waals surface area contributed by atoms with Crippen molar-refractivity contribution in [3.63, 3.8) is 0 Å². The van der Waals surface area contributed by atoms with E-state index in [2.05, 4.69) is 9.71 Å². The van der Waals surface area contributed by atoms with Crippen LogP contribution in [0.25, 0.3) is 0 Å². The molecule has 128 valence electrons. The van der Waals surface area contributed by atoms with Gasteiger partial charge in [0.15, 0.2) is 0 Å². The summed E-state index contributed by atoms with van der Waals surface area (Å²) in [6.07, 6.45) is 3.28. The molecule has 2 heterocycles. The number of aromatic nitrogens is 1. The highest BCUT2D eigenvalue weighted by Crippen LogP contribution is 2.26. The van der Waals surface area contributed by atoms with Crippen molar-refractivity contribution in [2.24, 2.45) is 0 Å². The fourth-order valence-corrected chi connectivity index (χ4v) is 3.74. The molecule has 1 aromatic heterocycles. The number of hydrogen-bond acceptors (Lipinski definition) is 4. The zero-order valence-electron chi connectivity index (χ0n) is 13.3. The Kier molecular flexibility index (Phi) is 4.48. The molecule has 1 fully saturated rings. The zero-order valence-corrected chi connectivity index (χ0v) is 14.1. The normalized spacial score (nSPS) is 14.6. The Morgan fingerprint density at radius 1 is 1.25 bits per heavy atom. The molecule has 0 radical (unpaired) electrons. The second kappa shape index (κ2) is 6.56. The lowest BCUT2D eigenvalue weighted by molar-refractivity contribution is 0.0787. The molecule has 7 nitrogen and oxygen atoms in total. The molecular formula is C16H19N3O4S. The van der Waals surface area contributed by atoms with Gasteiger partial charge in [0.25, 0.3) is 15.9 Å². The van der Waals surface area contributed by atoms with Crippen molar-refractivity contribution in [1.82, 2.24) is 9.88 Å². The maximum absolute atomic E-state index is 12.5. The summed E-state index contributed by atoms with van der Waals surface area (Å²) in [6.45, 7) is 1.42. The van der Waals surface area contributed by atoms with Gasteiger partial charge in [0.05, 0.1) is 12.8 Å². The van der Waals surface area contributed by atoms with Crippen LogP contribution in [0.2, 0.25) is 0 Å². The average Bonchev–Trinajstić information content (AvgIpc) is 3.26. The predicted molar refractivity (Wildman–Crippen MR) is 89.7 cm³/mol. The first-order chi connectivity index (χ1) is 11.5. The van der Waals surface area contributed by atoms with Crippen LogP contribution in [0.5, 0.6) is 5.75 Å². The van der Waals surface area contributed by atoms with Crippen LogP contribution >= 0.6 is 0 Å². The third kappa shape index (κ3) is 3.23. The quantitative estimate of drug-likeness (QED) is 0.864. The Hall–Kier alpha value is -2.48. The number of anilines is 1. The highest BCUT2D eigenvalue weighted by Gasteiger charge is 2.24. The van der Waals surface area contributed by atoms with Crippen molar-refractivity contribution < 1.29 is 17.9 Å². The lowest BCUT2D eigenvalue weighted by atomic mass is 10.3. The van der Waals surface area contributed by atoms with E-state index in [9.17, 15) is 13.2 Å². The molecular weight excluding hydrogens is 330 g/mol. The number of ether oxygens (including phenoxy) is 1. The molecule has 2 N–H and O–H groups in total. The fourth-order valence-electron chi connectivity index (χ4n) is 2.68. The number of rotatable bonds is 5. The molecule has 1 aliphatic heterocycles. The highest BCUT2D eigenvalue weighted by molar-refractivity contribution is 7.92. The summed E-state index contributed by atoms with van der Waals surface area (Å²) >= 11 is 0. The van der Waals surface area contributed by atoms with E-state index >= 15 is 0 Å². The van der Waals surface area contributed by atoms with E-state index in [1.54, 1.807) is 29.2 Å². The number of H-pyrrole nitrogens is 1. The van der Waals surface area contributed by atoms with E-state index in [4.69, 9.17) is 4.74 Å². The van der Waals surface area contributed by atoms with Crippen LogP contribution in [-0.4, -0.2) is 44.4 Å². The smallest absolute Gasteiger partial charge is 0.270 e. The summed E-state index contributed by atoms with van der Waals surface area (Å²) in [7, 11) is -2.35. The van der Waals surface area contributed by atoms with Crippen molar-refractivity contribution in [1.29, 1.82) is 0 Å². The number of aromatic amines is 1. The summed E-state index contributed by atoms with van der Waals surface area (Å²) in [5, 5.41) is 0. The largest absolute Gasteiger partial charge is 0.495 e. The molecule has 1 saturated heterocycles. The van der Waals surface area contributed by atoms with Gasteiger partial charge < -0.3 is 14.6 Å². The summed E-state index contributed by atoms with van der Waals surface area (Å²) in [6, 6.07) is 8.09. The van der Waals surface area contributed by atoms with Crippen molar-refractivity contribution in [3.05, 3.63) is 42.2 Å². The van der Waals surface area contributed by atoms with E-state index in [0.29, 0.717) is 24.5 Å². The summed E-state index contributed by atoms with van der Waals surface area (Å²) < 4.78 is 32.7. The van der Waals surface area contributed by atoms with E-state index in [1.165, 1.54) is 19.4 Å². The fraction of sp³-hybridized carbons (Fsp3) is 0.312. The van der Waals surface area contributed by atoms with Crippen LogP contribution in [0.4, 0.5) is 5.69 Å². The van der Waals surface area contributed by atoms with Crippen molar-refractivity contribution in [2.45, 2.75) is 17.7 Å². The number of likely N-dealkylation sites (tertiary alicyclic amines) is 1. The monoisotopic (exact) mass is 349 g/mol. The minimum Gasteiger partial charge on any atom is -0.495 e. The van der Waals surface area contributed by atoms with Crippen LogP contribution in [0.3, 0.4) is 0 Å². The second-order valence-electron chi connectivity index (χ2n) is 5.55. The molecule has 1 aromatic carbocycles. The van der Waals surface area contributed by atoms with Gasteiger partial charge in [-0.25, -0.2) is 8.42 Å². The van der Waals surface area contributed by atoms with E-state index in [0.717, 1.165) is 12.8 Å². The molecule has 0 unspecified atom stereocenters. The Morgan fingerprint density at radius 2 is 1.96 bits per heavy atom. The first kappa shape index (κ1) is 16.4. The van der Waals surface area contributed by atoms with Gasteiger partial charge in [-0.05, 0) is 31.0 Å². The van der Waals surface area contributed by atoms with Crippen molar-refractivity contribution >= 4 is 21.6 Å². The van der Waals surface area contributed by atoms with Crippen LogP contribution in [0, 0.1) is 0 Å². The lowest BCUT2D eigenvalue weighted by Gasteiger charge is -2.13. The Labute approximate surface area is 140 Å². The predicted octanol–water partition coefficient (Wildman–Crippen LogP) is 2.06. The number of para-hydroxylation sites is 2. The number of methoxy groups -OCH3 is 1. The third-order valence-corrected chi connectivity index (χ3v) is 5.29. The minimum absolute atomic E-state index is 0.0101. The zero-order chi connectivity index (χ0) is 17.2. The summed E-state index contributed by atoms with van der Waals surface area (Å²) in [5.41, 5.74) is 0.617. The van der Waals surface area contributed by atoms with Crippen LogP contribution in [-0.2, 0) is 10.0 Å². The maximum atomic E-state index is 12.5. The second-order valence-corrected chi connectivity index (χ2v) is 7.24. The van der Waals surface area contributed by atoms with Gasteiger partial charge in [0.2, 0.25) is 0 Å². The molecule has 0 saturated carbocycles. The van der Waals surface area contributed by atoms with E-state index in [1.807, 2.05) is 0 Å². The maximum Gasteiger partial charge on any atom is 0.270 e. The van der Waals surface area contributed by atoms with Crippen molar-refractivity contribution in [3.8, 4) is 5.75 Å². The number of hydrogen-bond donors (Lipinski definition) is 2. The molecule has 0 aliphatic carbocycles. The van der Waals surface area contributed by atoms with E-state index in [-0.39, 0.29) is 16.5 Å². The molecule has 24 heavy (non-hydrogen) atoms. The average molecular weight is 349 g/mol. The molecule has 8 heteroatoms. The molecule has 1 aliphatic rings. The number of carbonyl (C=O) groups excluding carboxylic acids is 1. The Bertz CT molecular complexity index is 839.